The van der Waals surface area contributed by atoms with Crippen LogP contribution in [0.15, 0.2) is 30.3 Å². The molecule has 0 bridgehead atoms. The largest absolute Gasteiger partial charge is 0.329 e. The molecule has 1 aromatic carbocycles. The van der Waals surface area contributed by atoms with E-state index in [1.54, 1.807) is 0 Å². The van der Waals surface area contributed by atoms with Crippen LogP contribution >= 0.6 is 0 Å². The highest BCUT2D eigenvalue weighted by molar-refractivity contribution is 5.98. The third kappa shape index (κ3) is 2.15. The monoisotopic (exact) mass is 246 g/mol. The van der Waals surface area contributed by atoms with Crippen LogP contribution in [0.1, 0.15) is 26.7 Å². The Morgan fingerprint density at radius 1 is 1.39 bits per heavy atom. The van der Waals surface area contributed by atoms with E-state index in [2.05, 4.69) is 6.92 Å². The van der Waals surface area contributed by atoms with E-state index >= 15 is 0 Å². The summed E-state index contributed by atoms with van der Waals surface area (Å²) in [4.78, 5) is 14.6. The minimum Gasteiger partial charge on any atom is -0.329 e. The fourth-order valence-corrected chi connectivity index (χ4v) is 3.04. The summed E-state index contributed by atoms with van der Waals surface area (Å²) in [5.41, 5.74) is 6.51. The number of carbonyl (C=O) groups excluding carboxylic acids is 1. The predicted molar refractivity (Wildman–Crippen MR) is 74.4 cm³/mol. The molecular formula is C15H22N2O. The van der Waals surface area contributed by atoms with Gasteiger partial charge in [-0.15, -0.1) is 0 Å². The Hall–Kier alpha value is -1.35. The third-order valence-electron chi connectivity index (χ3n) is 3.95. The fourth-order valence-electron chi connectivity index (χ4n) is 3.04. The number of rotatable bonds is 4. The van der Waals surface area contributed by atoms with Crippen molar-refractivity contribution in [3.8, 4) is 0 Å². The average Bonchev–Trinajstić information content (AvgIpc) is 2.36. The lowest BCUT2D eigenvalue weighted by Gasteiger charge is -2.46. The highest BCUT2D eigenvalue weighted by Gasteiger charge is 2.48. The number of carbonyl (C=O) groups is 1. The first-order valence-electron chi connectivity index (χ1n) is 6.70. The maximum atomic E-state index is 12.7. The molecule has 1 aliphatic carbocycles. The molecule has 18 heavy (non-hydrogen) atoms. The molecule has 0 heterocycles. The van der Waals surface area contributed by atoms with E-state index in [-0.39, 0.29) is 11.3 Å². The Bertz CT molecular complexity index is 410. The van der Waals surface area contributed by atoms with Crippen LogP contribution in [0.3, 0.4) is 0 Å². The molecule has 0 spiro atoms. The second-order valence-electron chi connectivity index (χ2n) is 5.38. The average molecular weight is 246 g/mol. The molecule has 3 nitrogen and oxygen atoms in total. The second-order valence-corrected chi connectivity index (χ2v) is 5.38. The maximum absolute atomic E-state index is 12.7. The van der Waals surface area contributed by atoms with Crippen molar-refractivity contribution in [2.45, 2.75) is 26.7 Å². The smallest absolute Gasteiger partial charge is 0.234 e. The molecule has 0 aliphatic heterocycles. The summed E-state index contributed by atoms with van der Waals surface area (Å²) in [6, 6.07) is 9.85. The Balaban J connectivity index is 2.21. The van der Waals surface area contributed by atoms with Crippen molar-refractivity contribution in [3.05, 3.63) is 30.3 Å². The molecule has 0 unspecified atom stereocenters. The Kier molecular flexibility index (Phi) is 3.71. The Morgan fingerprint density at radius 2 is 2.00 bits per heavy atom. The minimum atomic E-state index is -0.314. The van der Waals surface area contributed by atoms with E-state index in [0.29, 0.717) is 19.0 Å². The van der Waals surface area contributed by atoms with Crippen molar-refractivity contribution >= 4 is 11.6 Å². The Morgan fingerprint density at radius 3 is 2.44 bits per heavy atom. The fraction of sp³-hybridized carbons (Fsp3) is 0.533. The molecule has 1 fully saturated rings. The summed E-state index contributed by atoms with van der Waals surface area (Å²) in [5.74, 6) is 0.809. The van der Waals surface area contributed by atoms with E-state index in [0.717, 1.165) is 18.5 Å². The van der Waals surface area contributed by atoms with Crippen molar-refractivity contribution in [1.29, 1.82) is 0 Å². The molecule has 2 rings (SSSR count). The van der Waals surface area contributed by atoms with Gasteiger partial charge in [0.15, 0.2) is 0 Å². The summed E-state index contributed by atoms with van der Waals surface area (Å²) in [5, 5.41) is 0. The van der Waals surface area contributed by atoms with Crippen LogP contribution in [0.5, 0.6) is 0 Å². The van der Waals surface area contributed by atoms with Crippen LogP contribution in [0, 0.1) is 11.3 Å². The summed E-state index contributed by atoms with van der Waals surface area (Å²) < 4.78 is 0. The molecule has 0 radical (unpaired) electrons. The van der Waals surface area contributed by atoms with Gasteiger partial charge in [0.25, 0.3) is 0 Å². The number of anilines is 1. The van der Waals surface area contributed by atoms with Crippen LogP contribution < -0.4 is 10.6 Å². The first kappa shape index (κ1) is 13.1. The van der Waals surface area contributed by atoms with Crippen molar-refractivity contribution < 1.29 is 4.79 Å². The maximum Gasteiger partial charge on any atom is 0.234 e. The van der Waals surface area contributed by atoms with Gasteiger partial charge in [0.1, 0.15) is 0 Å². The number of hydrogen-bond acceptors (Lipinski definition) is 2. The first-order chi connectivity index (χ1) is 8.63. The normalized spacial score (nSPS) is 26.5. The van der Waals surface area contributed by atoms with Crippen LogP contribution in [0.2, 0.25) is 0 Å². The zero-order valence-corrected chi connectivity index (χ0v) is 11.2. The molecule has 1 aliphatic rings. The van der Waals surface area contributed by atoms with E-state index in [1.807, 2.05) is 42.2 Å². The second kappa shape index (κ2) is 5.11. The van der Waals surface area contributed by atoms with Crippen LogP contribution in [-0.4, -0.2) is 19.0 Å². The lowest BCUT2D eigenvalue weighted by atomic mass is 9.61. The first-order valence-corrected chi connectivity index (χ1v) is 6.70. The van der Waals surface area contributed by atoms with Gasteiger partial charge >= 0.3 is 0 Å². The van der Waals surface area contributed by atoms with Crippen molar-refractivity contribution in [1.82, 2.24) is 0 Å². The zero-order valence-electron chi connectivity index (χ0n) is 11.2. The number of benzene rings is 1. The quantitative estimate of drug-likeness (QED) is 0.886. The van der Waals surface area contributed by atoms with Gasteiger partial charge in [-0.25, -0.2) is 0 Å². The van der Waals surface area contributed by atoms with Crippen molar-refractivity contribution in [3.63, 3.8) is 0 Å². The van der Waals surface area contributed by atoms with Gasteiger partial charge in [0, 0.05) is 18.8 Å². The Labute approximate surface area is 109 Å². The highest BCUT2D eigenvalue weighted by Crippen LogP contribution is 2.46. The number of hydrogen-bond donors (Lipinski definition) is 1. The summed E-state index contributed by atoms with van der Waals surface area (Å²) in [6.45, 7) is 5.34. The van der Waals surface area contributed by atoms with Crippen LogP contribution in [0.25, 0.3) is 0 Å². The molecule has 1 saturated carbocycles. The summed E-state index contributed by atoms with van der Waals surface area (Å²) in [7, 11) is 0. The molecule has 98 valence electrons. The number of nitrogens with two attached hydrogens (primary N) is 1. The predicted octanol–water partition coefficient (Wildman–Crippen LogP) is 2.41. The summed E-state index contributed by atoms with van der Waals surface area (Å²) in [6.07, 6.45) is 1.84. The molecule has 3 heteroatoms. The molecule has 1 amide bonds. The molecule has 0 saturated heterocycles. The molecule has 1 aromatic rings. The van der Waals surface area contributed by atoms with E-state index in [1.165, 1.54) is 0 Å². The zero-order chi connectivity index (χ0) is 13.2. The standard InChI is InChI=1S/C15H22N2O/c1-3-17(13-7-5-4-6-8-13)14(18)15(11-16)9-12(2)10-15/h4-8,12H,3,9-11,16H2,1-2H3. The lowest BCUT2D eigenvalue weighted by Crippen LogP contribution is -2.54. The number of nitrogens with zero attached hydrogens (tertiary/aromatic N) is 1. The number of para-hydroxylation sites is 1. The van der Waals surface area contributed by atoms with Gasteiger partial charge in [-0.05, 0) is 37.8 Å². The van der Waals surface area contributed by atoms with Gasteiger partial charge in [-0.2, -0.15) is 0 Å². The molecule has 0 aromatic heterocycles. The molecule has 2 N–H and O–H groups in total. The topological polar surface area (TPSA) is 46.3 Å². The van der Waals surface area contributed by atoms with Gasteiger partial charge in [0.2, 0.25) is 5.91 Å². The van der Waals surface area contributed by atoms with E-state index < -0.39 is 0 Å². The summed E-state index contributed by atoms with van der Waals surface area (Å²) >= 11 is 0. The van der Waals surface area contributed by atoms with Gasteiger partial charge < -0.3 is 10.6 Å². The lowest BCUT2D eigenvalue weighted by molar-refractivity contribution is -0.135. The highest BCUT2D eigenvalue weighted by atomic mass is 16.2. The van der Waals surface area contributed by atoms with Gasteiger partial charge in [-0.3, -0.25) is 4.79 Å². The number of amides is 1. The van der Waals surface area contributed by atoms with E-state index in [9.17, 15) is 4.79 Å². The minimum absolute atomic E-state index is 0.191. The SMILES string of the molecule is CCN(C(=O)C1(CN)CC(C)C1)c1ccccc1. The third-order valence-corrected chi connectivity index (χ3v) is 3.95. The van der Waals surface area contributed by atoms with Crippen molar-refractivity contribution in [2.24, 2.45) is 17.1 Å². The van der Waals surface area contributed by atoms with Crippen LogP contribution in [-0.2, 0) is 4.79 Å². The molecule has 0 atom stereocenters. The molecular weight excluding hydrogens is 224 g/mol. The van der Waals surface area contributed by atoms with Gasteiger partial charge in [0.05, 0.1) is 5.41 Å². The van der Waals surface area contributed by atoms with E-state index in [4.69, 9.17) is 5.73 Å². The van der Waals surface area contributed by atoms with Crippen LogP contribution in [0.4, 0.5) is 5.69 Å². The van der Waals surface area contributed by atoms with Crippen molar-refractivity contribution in [2.75, 3.05) is 18.0 Å². The van der Waals surface area contributed by atoms with Gasteiger partial charge in [-0.1, -0.05) is 25.1 Å².